The minimum absolute atomic E-state index is 0.248. The van der Waals surface area contributed by atoms with E-state index in [4.69, 9.17) is 0 Å². The van der Waals surface area contributed by atoms with Gasteiger partial charge in [0.25, 0.3) is 17.4 Å². The molecule has 0 aliphatic heterocycles. The number of aromatic nitrogens is 3. The van der Waals surface area contributed by atoms with Crippen LogP contribution in [0.5, 0.6) is 0 Å². The van der Waals surface area contributed by atoms with E-state index in [0.717, 1.165) is 15.7 Å². The Bertz CT molecular complexity index is 1490. The first-order valence-corrected chi connectivity index (χ1v) is 10.3. The fraction of sp³-hybridized carbons (Fsp3) is 0.125. The number of anilines is 1. The van der Waals surface area contributed by atoms with Crippen molar-refractivity contribution in [2.45, 2.75) is 13.5 Å². The molecule has 4 rings (SSSR count). The molecule has 0 aliphatic rings. The normalized spacial score (nSPS) is 10.7. The zero-order chi connectivity index (χ0) is 23.5. The fourth-order valence-electron chi connectivity index (χ4n) is 3.49. The summed E-state index contributed by atoms with van der Waals surface area (Å²) in [6, 6.07) is 15.3. The zero-order valence-electron chi connectivity index (χ0n) is 18.0. The summed E-state index contributed by atoms with van der Waals surface area (Å²) in [5.74, 6) is -0.655. The smallest absolute Gasteiger partial charge is 0.328 e. The molecule has 166 valence electrons. The Kier molecular flexibility index (Phi) is 5.86. The molecule has 0 atom stereocenters. The van der Waals surface area contributed by atoms with Crippen molar-refractivity contribution in [3.8, 4) is 11.1 Å². The maximum atomic E-state index is 12.7. The van der Waals surface area contributed by atoms with Crippen LogP contribution in [0.1, 0.15) is 27.8 Å². The third kappa shape index (κ3) is 4.29. The van der Waals surface area contributed by atoms with Gasteiger partial charge in [-0.15, -0.1) is 0 Å². The van der Waals surface area contributed by atoms with Gasteiger partial charge in [0.1, 0.15) is 5.69 Å². The van der Waals surface area contributed by atoms with E-state index in [2.05, 4.69) is 20.6 Å². The summed E-state index contributed by atoms with van der Waals surface area (Å²) in [7, 11) is 1.51. The number of hydrogen-bond donors (Lipinski definition) is 3. The van der Waals surface area contributed by atoms with Gasteiger partial charge in [0, 0.05) is 19.2 Å². The minimum atomic E-state index is -0.462. The zero-order valence-corrected chi connectivity index (χ0v) is 18.0. The van der Waals surface area contributed by atoms with Gasteiger partial charge in [0.05, 0.1) is 22.8 Å². The van der Waals surface area contributed by atoms with Gasteiger partial charge in [-0.2, -0.15) is 0 Å². The Morgan fingerprint density at radius 3 is 2.48 bits per heavy atom. The molecular formula is C24H21N5O4. The Morgan fingerprint density at radius 1 is 1.00 bits per heavy atom. The molecule has 0 saturated heterocycles. The molecule has 0 fully saturated rings. The van der Waals surface area contributed by atoms with E-state index in [1.807, 2.05) is 6.07 Å². The number of benzene rings is 2. The monoisotopic (exact) mass is 443 g/mol. The lowest BCUT2D eigenvalue weighted by atomic mass is 10.0. The van der Waals surface area contributed by atoms with Gasteiger partial charge in [-0.1, -0.05) is 18.2 Å². The Labute approximate surface area is 188 Å². The molecule has 2 aromatic carbocycles. The summed E-state index contributed by atoms with van der Waals surface area (Å²) < 4.78 is 1.14. The van der Waals surface area contributed by atoms with E-state index >= 15 is 0 Å². The van der Waals surface area contributed by atoms with E-state index in [1.165, 1.54) is 19.3 Å². The lowest BCUT2D eigenvalue weighted by Gasteiger charge is -2.09. The highest BCUT2D eigenvalue weighted by molar-refractivity contribution is 6.05. The van der Waals surface area contributed by atoms with E-state index in [-0.39, 0.29) is 29.6 Å². The Morgan fingerprint density at radius 2 is 1.79 bits per heavy atom. The molecule has 0 radical (unpaired) electrons. The number of rotatable bonds is 5. The summed E-state index contributed by atoms with van der Waals surface area (Å²) >= 11 is 0. The maximum Gasteiger partial charge on any atom is 0.328 e. The quantitative estimate of drug-likeness (QED) is 0.437. The largest absolute Gasteiger partial charge is 0.354 e. The molecule has 2 aromatic heterocycles. The van der Waals surface area contributed by atoms with Crippen molar-refractivity contribution >= 4 is 28.4 Å². The van der Waals surface area contributed by atoms with E-state index in [1.54, 1.807) is 49.4 Å². The Hall–Kier alpha value is -4.53. The van der Waals surface area contributed by atoms with Crippen LogP contribution in [0.4, 0.5) is 5.69 Å². The van der Waals surface area contributed by atoms with Gasteiger partial charge in [-0.3, -0.25) is 19.0 Å². The van der Waals surface area contributed by atoms with Crippen LogP contribution in [0, 0.1) is 0 Å². The van der Waals surface area contributed by atoms with Crippen LogP contribution in [0.2, 0.25) is 0 Å². The van der Waals surface area contributed by atoms with E-state index < -0.39 is 5.69 Å². The molecule has 0 spiro atoms. The number of pyridine rings is 1. The van der Waals surface area contributed by atoms with E-state index in [9.17, 15) is 19.2 Å². The van der Waals surface area contributed by atoms with Crippen LogP contribution in [-0.4, -0.2) is 33.4 Å². The van der Waals surface area contributed by atoms with Gasteiger partial charge in [0.15, 0.2) is 0 Å². The van der Waals surface area contributed by atoms with Crippen LogP contribution >= 0.6 is 0 Å². The minimum Gasteiger partial charge on any atom is -0.354 e. The molecule has 0 saturated carbocycles. The van der Waals surface area contributed by atoms with Crippen molar-refractivity contribution < 1.29 is 9.59 Å². The summed E-state index contributed by atoms with van der Waals surface area (Å²) in [4.78, 5) is 55.7. The van der Waals surface area contributed by atoms with Crippen LogP contribution in [-0.2, 0) is 6.54 Å². The highest BCUT2D eigenvalue weighted by atomic mass is 16.2. The first-order valence-electron chi connectivity index (χ1n) is 10.3. The second-order valence-corrected chi connectivity index (χ2v) is 7.29. The number of amides is 2. The van der Waals surface area contributed by atoms with E-state index in [0.29, 0.717) is 22.2 Å². The highest BCUT2D eigenvalue weighted by Crippen LogP contribution is 2.23. The second kappa shape index (κ2) is 8.91. The van der Waals surface area contributed by atoms with Crippen LogP contribution in [0.15, 0.2) is 70.4 Å². The number of fused-ring (bicyclic) bond motifs is 1. The molecule has 0 bridgehead atoms. The lowest BCUT2D eigenvalue weighted by Crippen LogP contribution is -2.34. The SMILES string of the molecule is CCn1c(=O)[nH]c2cc(-c3cccc(C(=O)Nc4ccc(C(=O)NC)nc4)c3)ccc2c1=O. The molecule has 0 unspecified atom stereocenters. The summed E-state index contributed by atoms with van der Waals surface area (Å²) in [6.45, 7) is 2.02. The van der Waals surface area contributed by atoms with Gasteiger partial charge >= 0.3 is 5.69 Å². The molecule has 33 heavy (non-hydrogen) atoms. The van der Waals surface area contributed by atoms with Gasteiger partial charge in [-0.25, -0.2) is 9.78 Å². The van der Waals surface area contributed by atoms with Crippen molar-refractivity contribution in [3.05, 3.63) is 92.9 Å². The molecule has 3 N–H and O–H groups in total. The summed E-state index contributed by atoms with van der Waals surface area (Å²) in [5, 5.41) is 5.66. The Balaban J connectivity index is 1.61. The first-order chi connectivity index (χ1) is 15.9. The van der Waals surface area contributed by atoms with Crippen molar-refractivity contribution in [2.75, 3.05) is 12.4 Å². The van der Waals surface area contributed by atoms with Crippen molar-refractivity contribution in [1.82, 2.24) is 19.9 Å². The van der Waals surface area contributed by atoms with Crippen molar-refractivity contribution in [2.24, 2.45) is 0 Å². The summed E-state index contributed by atoms with van der Waals surface area (Å²) in [6.07, 6.45) is 1.41. The molecule has 2 heterocycles. The van der Waals surface area contributed by atoms with Crippen LogP contribution in [0.25, 0.3) is 22.0 Å². The third-order valence-electron chi connectivity index (χ3n) is 5.24. The average molecular weight is 443 g/mol. The van der Waals surface area contributed by atoms with Gasteiger partial charge < -0.3 is 15.6 Å². The van der Waals surface area contributed by atoms with Crippen LogP contribution < -0.4 is 21.9 Å². The number of carbonyl (C=O) groups is 2. The molecular weight excluding hydrogens is 422 g/mol. The number of carbonyl (C=O) groups excluding carboxylic acids is 2. The molecule has 9 nitrogen and oxygen atoms in total. The molecule has 4 aromatic rings. The topological polar surface area (TPSA) is 126 Å². The predicted octanol–water partition coefficient (Wildman–Crippen LogP) is 2.38. The number of hydrogen-bond acceptors (Lipinski definition) is 5. The van der Waals surface area contributed by atoms with Gasteiger partial charge in [-0.05, 0) is 54.4 Å². The van der Waals surface area contributed by atoms with Gasteiger partial charge in [0.2, 0.25) is 0 Å². The summed E-state index contributed by atoms with van der Waals surface area (Å²) in [5.41, 5.74) is 2.24. The standard InChI is InChI=1S/C24H21N5O4/c1-3-29-23(32)18-9-7-15(12-20(18)28-24(29)33)14-5-4-6-16(11-14)21(30)27-17-8-10-19(26-13-17)22(31)25-2/h4-13H,3H2,1-2H3,(H,25,31)(H,27,30)(H,28,33). The number of nitrogens with zero attached hydrogens (tertiary/aromatic N) is 2. The highest BCUT2D eigenvalue weighted by Gasteiger charge is 2.11. The predicted molar refractivity (Wildman–Crippen MR) is 126 cm³/mol. The molecule has 2 amide bonds. The number of H-pyrrole nitrogens is 1. The van der Waals surface area contributed by atoms with Crippen LogP contribution in [0.3, 0.4) is 0 Å². The average Bonchev–Trinajstić information content (AvgIpc) is 2.84. The lowest BCUT2D eigenvalue weighted by molar-refractivity contribution is 0.0957. The second-order valence-electron chi connectivity index (χ2n) is 7.29. The molecule has 9 heteroatoms. The fourth-order valence-corrected chi connectivity index (χ4v) is 3.49. The van der Waals surface area contributed by atoms with Crippen molar-refractivity contribution in [1.29, 1.82) is 0 Å². The maximum absolute atomic E-state index is 12.7. The number of nitrogens with one attached hydrogen (secondary N) is 3. The first kappa shape index (κ1) is 21.7. The molecule has 0 aliphatic carbocycles. The number of aromatic amines is 1. The third-order valence-corrected chi connectivity index (χ3v) is 5.24. The van der Waals surface area contributed by atoms with Crippen molar-refractivity contribution in [3.63, 3.8) is 0 Å².